The Morgan fingerprint density at radius 2 is 1.74 bits per heavy atom. The van der Waals surface area contributed by atoms with Crippen molar-refractivity contribution in [2.75, 3.05) is 4.90 Å². The molecule has 0 atom stereocenters. The first kappa shape index (κ1) is 24.7. The number of hydrogen-bond donors (Lipinski definition) is 1. The number of nitrogens with zero attached hydrogens (tertiary/aromatic N) is 1. The predicted octanol–water partition coefficient (Wildman–Crippen LogP) is 6.82. The minimum absolute atomic E-state index is 0.0970. The van der Waals surface area contributed by atoms with Crippen LogP contribution >= 0.6 is 63.0 Å². The third-order valence-corrected chi connectivity index (χ3v) is 6.79. The van der Waals surface area contributed by atoms with Crippen molar-refractivity contribution in [2.24, 2.45) is 0 Å². The standard InChI is InChI=1S/C24H14BrCl3N2O3S/c25-16-10-14(11-18(27)21(16)33-12-13-5-2-1-3-6-13)9-15-22(31)29-24(34)30(23(15)32)19-8-4-7-17(26)20(19)28/h1-11H,12H2,(H,29,31,34)/b15-9+. The molecule has 172 valence electrons. The molecule has 5 nitrogen and oxygen atoms in total. The van der Waals surface area contributed by atoms with Gasteiger partial charge in [0.25, 0.3) is 11.8 Å². The molecule has 0 aliphatic carbocycles. The second-order valence-corrected chi connectivity index (χ2v) is 9.55. The maximum absolute atomic E-state index is 13.2. The van der Waals surface area contributed by atoms with Crippen LogP contribution in [0, 0.1) is 0 Å². The molecule has 0 unspecified atom stereocenters. The van der Waals surface area contributed by atoms with E-state index in [1.807, 2.05) is 30.3 Å². The molecular formula is C24H14BrCl3N2O3S. The van der Waals surface area contributed by atoms with Crippen LogP contribution in [0.5, 0.6) is 5.75 Å². The lowest BCUT2D eigenvalue weighted by Gasteiger charge is -2.29. The van der Waals surface area contributed by atoms with E-state index in [0.29, 0.717) is 27.4 Å². The van der Waals surface area contributed by atoms with Crippen LogP contribution in [0.25, 0.3) is 6.08 Å². The molecule has 1 fully saturated rings. The molecule has 34 heavy (non-hydrogen) atoms. The number of benzene rings is 3. The van der Waals surface area contributed by atoms with Crippen molar-refractivity contribution in [3.05, 3.63) is 96.9 Å². The van der Waals surface area contributed by atoms with Crippen molar-refractivity contribution in [1.29, 1.82) is 0 Å². The molecule has 0 aromatic heterocycles. The molecular weight excluding hydrogens is 583 g/mol. The summed E-state index contributed by atoms with van der Waals surface area (Å²) in [5.41, 5.74) is 1.61. The van der Waals surface area contributed by atoms with E-state index in [1.165, 1.54) is 6.08 Å². The van der Waals surface area contributed by atoms with Gasteiger partial charge in [-0.25, -0.2) is 0 Å². The minimum atomic E-state index is -0.644. The normalized spacial score (nSPS) is 15.0. The van der Waals surface area contributed by atoms with Gasteiger partial charge < -0.3 is 4.74 Å². The molecule has 1 aliphatic heterocycles. The van der Waals surface area contributed by atoms with Gasteiger partial charge in [0.05, 0.1) is 25.2 Å². The molecule has 1 heterocycles. The molecule has 1 saturated heterocycles. The third-order valence-electron chi connectivity index (χ3n) is 4.83. The van der Waals surface area contributed by atoms with Gasteiger partial charge in [-0.15, -0.1) is 0 Å². The van der Waals surface area contributed by atoms with Crippen molar-refractivity contribution < 1.29 is 14.3 Å². The highest BCUT2D eigenvalue weighted by atomic mass is 79.9. The summed E-state index contributed by atoms with van der Waals surface area (Å²) in [4.78, 5) is 27.0. The monoisotopic (exact) mass is 594 g/mol. The van der Waals surface area contributed by atoms with E-state index in [2.05, 4.69) is 21.2 Å². The van der Waals surface area contributed by atoms with Crippen LogP contribution in [-0.2, 0) is 16.2 Å². The van der Waals surface area contributed by atoms with Gasteiger partial charge in [-0.05, 0) is 69.6 Å². The Bertz CT molecular complexity index is 1330. The second kappa shape index (κ2) is 10.5. The first-order valence-corrected chi connectivity index (χ1v) is 12.1. The molecule has 0 radical (unpaired) electrons. The van der Waals surface area contributed by atoms with E-state index in [4.69, 9.17) is 51.8 Å². The van der Waals surface area contributed by atoms with Gasteiger partial charge in [-0.3, -0.25) is 19.8 Å². The Kier molecular flexibility index (Phi) is 7.60. The van der Waals surface area contributed by atoms with Crippen molar-refractivity contribution in [3.8, 4) is 5.75 Å². The Hall–Kier alpha value is -2.42. The Morgan fingerprint density at radius 1 is 1.00 bits per heavy atom. The maximum Gasteiger partial charge on any atom is 0.270 e. The molecule has 1 N–H and O–H groups in total. The summed E-state index contributed by atoms with van der Waals surface area (Å²) in [6.45, 7) is 0.327. The topological polar surface area (TPSA) is 58.6 Å². The Morgan fingerprint density at radius 3 is 2.44 bits per heavy atom. The fourth-order valence-electron chi connectivity index (χ4n) is 3.24. The van der Waals surface area contributed by atoms with Crippen LogP contribution in [-0.4, -0.2) is 16.9 Å². The highest BCUT2D eigenvalue weighted by molar-refractivity contribution is 9.10. The average molecular weight is 597 g/mol. The number of amides is 2. The Balaban J connectivity index is 1.64. The number of carbonyl (C=O) groups is 2. The number of hydrogen-bond acceptors (Lipinski definition) is 4. The number of thiocarbonyl (C=S) groups is 1. The SMILES string of the molecule is O=C1NC(=S)N(c2cccc(Cl)c2Cl)C(=O)/C1=C/c1cc(Cl)c(OCc2ccccc2)c(Br)c1. The summed E-state index contributed by atoms with van der Waals surface area (Å²) < 4.78 is 6.42. The predicted molar refractivity (Wildman–Crippen MR) is 143 cm³/mol. The number of halogens is 4. The van der Waals surface area contributed by atoms with Gasteiger partial charge in [0.15, 0.2) is 10.9 Å². The van der Waals surface area contributed by atoms with Crippen LogP contribution in [0.15, 0.2) is 70.7 Å². The molecule has 0 saturated carbocycles. The van der Waals surface area contributed by atoms with E-state index < -0.39 is 11.8 Å². The van der Waals surface area contributed by atoms with Crippen molar-refractivity contribution in [2.45, 2.75) is 6.61 Å². The zero-order chi connectivity index (χ0) is 24.4. The van der Waals surface area contributed by atoms with Gasteiger partial charge in [0, 0.05) is 0 Å². The van der Waals surface area contributed by atoms with Gasteiger partial charge in [0.1, 0.15) is 12.2 Å². The molecule has 0 bridgehead atoms. The molecule has 10 heteroatoms. The van der Waals surface area contributed by atoms with Gasteiger partial charge in [0.2, 0.25) is 0 Å². The summed E-state index contributed by atoms with van der Waals surface area (Å²) in [5.74, 6) is -0.837. The minimum Gasteiger partial charge on any atom is -0.486 e. The zero-order valence-electron chi connectivity index (χ0n) is 17.2. The van der Waals surface area contributed by atoms with E-state index >= 15 is 0 Å². The van der Waals surface area contributed by atoms with Crippen LogP contribution in [0.4, 0.5) is 5.69 Å². The van der Waals surface area contributed by atoms with E-state index in [9.17, 15) is 9.59 Å². The summed E-state index contributed by atoms with van der Waals surface area (Å²) in [6.07, 6.45) is 1.42. The number of carbonyl (C=O) groups excluding carboxylic acids is 2. The summed E-state index contributed by atoms with van der Waals surface area (Å²) >= 11 is 27.5. The van der Waals surface area contributed by atoms with Gasteiger partial charge >= 0.3 is 0 Å². The average Bonchev–Trinajstić information content (AvgIpc) is 2.79. The van der Waals surface area contributed by atoms with Crippen LogP contribution in [0.2, 0.25) is 15.1 Å². The highest BCUT2D eigenvalue weighted by Crippen LogP contribution is 2.37. The molecule has 1 aliphatic rings. The number of nitrogens with one attached hydrogen (secondary N) is 1. The van der Waals surface area contributed by atoms with Crippen LogP contribution < -0.4 is 15.0 Å². The fourth-order valence-corrected chi connectivity index (χ4v) is 4.88. The molecule has 4 rings (SSSR count). The fraction of sp³-hybridized carbons (Fsp3) is 0.0417. The molecule has 3 aromatic rings. The largest absolute Gasteiger partial charge is 0.486 e. The van der Waals surface area contributed by atoms with E-state index in [1.54, 1.807) is 30.3 Å². The maximum atomic E-state index is 13.2. The van der Waals surface area contributed by atoms with Crippen LogP contribution in [0.1, 0.15) is 11.1 Å². The summed E-state index contributed by atoms with van der Waals surface area (Å²) in [7, 11) is 0. The molecule has 2 amide bonds. The number of ether oxygens (including phenoxy) is 1. The quantitative estimate of drug-likeness (QED) is 0.200. The molecule has 0 spiro atoms. The summed E-state index contributed by atoms with van der Waals surface area (Å²) in [6, 6.07) is 17.7. The van der Waals surface area contributed by atoms with Gasteiger partial charge in [-0.1, -0.05) is 71.2 Å². The highest BCUT2D eigenvalue weighted by Gasteiger charge is 2.35. The number of anilines is 1. The van der Waals surface area contributed by atoms with E-state index in [0.717, 1.165) is 10.5 Å². The number of rotatable bonds is 5. The first-order chi connectivity index (χ1) is 16.3. The first-order valence-electron chi connectivity index (χ1n) is 9.77. The third kappa shape index (κ3) is 5.14. The Labute approximate surface area is 224 Å². The smallest absolute Gasteiger partial charge is 0.270 e. The van der Waals surface area contributed by atoms with Gasteiger partial charge in [-0.2, -0.15) is 0 Å². The lowest BCUT2D eigenvalue weighted by molar-refractivity contribution is -0.122. The van der Waals surface area contributed by atoms with E-state index in [-0.39, 0.29) is 26.4 Å². The lowest BCUT2D eigenvalue weighted by atomic mass is 10.1. The van der Waals surface area contributed by atoms with Crippen molar-refractivity contribution in [3.63, 3.8) is 0 Å². The molecule has 3 aromatic carbocycles. The van der Waals surface area contributed by atoms with Crippen LogP contribution in [0.3, 0.4) is 0 Å². The lowest BCUT2D eigenvalue weighted by Crippen LogP contribution is -2.54. The van der Waals surface area contributed by atoms with Crippen molar-refractivity contribution >= 4 is 91.6 Å². The second-order valence-electron chi connectivity index (χ2n) is 7.12. The zero-order valence-corrected chi connectivity index (χ0v) is 21.8. The summed E-state index contributed by atoms with van der Waals surface area (Å²) in [5, 5.41) is 3.12. The van der Waals surface area contributed by atoms with Crippen molar-refractivity contribution in [1.82, 2.24) is 5.32 Å².